The summed E-state index contributed by atoms with van der Waals surface area (Å²) in [6.07, 6.45) is 3.44. The van der Waals surface area contributed by atoms with Gasteiger partial charge in [-0.3, -0.25) is 9.20 Å². The first kappa shape index (κ1) is 15.3. The highest BCUT2D eigenvalue weighted by Crippen LogP contribution is 2.26. The summed E-state index contributed by atoms with van der Waals surface area (Å²) in [6, 6.07) is 3.32. The largest absolute Gasteiger partial charge is 0.478 e. The van der Waals surface area contributed by atoms with Crippen molar-refractivity contribution in [1.82, 2.24) is 14.4 Å². The van der Waals surface area contributed by atoms with E-state index in [0.29, 0.717) is 16.6 Å². The average molecular weight is 313 g/mol. The van der Waals surface area contributed by atoms with Crippen LogP contribution in [0.2, 0.25) is 0 Å². The SMILES string of the molecule is CCC(CC)c1ncc2c(=O)[nH]c3cc(C(=O)O)c(C)cc3n12. The van der Waals surface area contributed by atoms with E-state index in [1.165, 1.54) is 6.07 Å². The predicted octanol–water partition coefficient (Wildman–Crippen LogP) is 3.09. The van der Waals surface area contributed by atoms with E-state index in [1.54, 1.807) is 19.2 Å². The number of aryl methyl sites for hydroxylation is 1. The van der Waals surface area contributed by atoms with Gasteiger partial charge in [0.1, 0.15) is 11.3 Å². The molecule has 0 amide bonds. The predicted molar refractivity (Wildman–Crippen MR) is 88.3 cm³/mol. The van der Waals surface area contributed by atoms with Gasteiger partial charge in [-0.1, -0.05) is 13.8 Å². The van der Waals surface area contributed by atoms with Crippen molar-refractivity contribution in [3.63, 3.8) is 0 Å². The Bertz CT molecular complexity index is 965. The summed E-state index contributed by atoms with van der Waals surface area (Å²) in [7, 11) is 0. The lowest BCUT2D eigenvalue weighted by molar-refractivity contribution is 0.0696. The van der Waals surface area contributed by atoms with Crippen LogP contribution in [0.15, 0.2) is 23.1 Å². The van der Waals surface area contributed by atoms with Gasteiger partial charge >= 0.3 is 5.97 Å². The van der Waals surface area contributed by atoms with Gasteiger partial charge in [0.05, 0.1) is 22.8 Å². The summed E-state index contributed by atoms with van der Waals surface area (Å²) in [5, 5.41) is 9.28. The maximum Gasteiger partial charge on any atom is 0.336 e. The van der Waals surface area contributed by atoms with Crippen molar-refractivity contribution in [2.75, 3.05) is 0 Å². The van der Waals surface area contributed by atoms with Crippen LogP contribution in [0, 0.1) is 6.92 Å². The molecule has 0 aliphatic carbocycles. The van der Waals surface area contributed by atoms with Gasteiger partial charge in [-0.25, -0.2) is 9.78 Å². The molecule has 0 saturated heterocycles. The number of aromatic carboxylic acids is 1. The van der Waals surface area contributed by atoms with Crippen LogP contribution in [-0.2, 0) is 0 Å². The lowest BCUT2D eigenvalue weighted by Gasteiger charge is -2.14. The molecule has 23 heavy (non-hydrogen) atoms. The second-order valence-electron chi connectivity index (χ2n) is 5.79. The van der Waals surface area contributed by atoms with E-state index in [4.69, 9.17) is 0 Å². The number of aromatic nitrogens is 3. The molecule has 6 nitrogen and oxygen atoms in total. The van der Waals surface area contributed by atoms with Crippen LogP contribution in [0.5, 0.6) is 0 Å². The third-order valence-electron chi connectivity index (χ3n) is 4.43. The summed E-state index contributed by atoms with van der Waals surface area (Å²) in [5.41, 5.74) is 2.36. The first-order valence-corrected chi connectivity index (χ1v) is 7.75. The first-order chi connectivity index (χ1) is 11.0. The molecule has 1 aromatic carbocycles. The van der Waals surface area contributed by atoms with Gasteiger partial charge in [0.15, 0.2) is 0 Å². The van der Waals surface area contributed by atoms with E-state index in [2.05, 4.69) is 23.8 Å². The Kier molecular flexibility index (Phi) is 3.67. The summed E-state index contributed by atoms with van der Waals surface area (Å²) < 4.78 is 1.87. The normalized spacial score (nSPS) is 11.7. The highest BCUT2D eigenvalue weighted by atomic mass is 16.4. The number of carboxylic acids is 1. The number of aromatic amines is 1. The molecule has 0 aliphatic heterocycles. The molecule has 0 radical (unpaired) electrons. The van der Waals surface area contributed by atoms with E-state index in [0.717, 1.165) is 24.2 Å². The fourth-order valence-electron chi connectivity index (χ4n) is 3.12. The van der Waals surface area contributed by atoms with E-state index >= 15 is 0 Å². The Morgan fingerprint density at radius 2 is 2.00 bits per heavy atom. The van der Waals surface area contributed by atoms with Crippen molar-refractivity contribution in [2.45, 2.75) is 39.5 Å². The molecule has 2 aromatic heterocycles. The van der Waals surface area contributed by atoms with Gasteiger partial charge in [0.2, 0.25) is 0 Å². The molecule has 2 heterocycles. The van der Waals surface area contributed by atoms with Crippen LogP contribution >= 0.6 is 0 Å². The van der Waals surface area contributed by atoms with Gasteiger partial charge < -0.3 is 10.1 Å². The number of imidazole rings is 1. The van der Waals surface area contributed by atoms with Crippen molar-refractivity contribution in [3.05, 3.63) is 45.6 Å². The van der Waals surface area contributed by atoms with Crippen LogP contribution in [0.1, 0.15) is 54.4 Å². The number of carbonyl (C=O) groups is 1. The fraction of sp³-hybridized carbons (Fsp3) is 0.353. The number of fused-ring (bicyclic) bond motifs is 3. The monoisotopic (exact) mass is 313 g/mol. The van der Waals surface area contributed by atoms with Crippen molar-refractivity contribution in [3.8, 4) is 0 Å². The van der Waals surface area contributed by atoms with Gasteiger partial charge in [-0.2, -0.15) is 0 Å². The number of hydrogen-bond acceptors (Lipinski definition) is 3. The lowest BCUT2D eigenvalue weighted by atomic mass is 10.0. The number of nitrogens with zero attached hydrogens (tertiary/aromatic N) is 2. The Morgan fingerprint density at radius 3 is 2.61 bits per heavy atom. The van der Waals surface area contributed by atoms with Crippen LogP contribution < -0.4 is 5.56 Å². The van der Waals surface area contributed by atoms with Gasteiger partial charge in [-0.15, -0.1) is 0 Å². The van der Waals surface area contributed by atoms with Gasteiger partial charge in [-0.05, 0) is 37.5 Å². The average Bonchev–Trinajstić information content (AvgIpc) is 2.94. The van der Waals surface area contributed by atoms with Crippen LogP contribution in [0.25, 0.3) is 16.6 Å². The number of rotatable bonds is 4. The third kappa shape index (κ3) is 2.30. The Hall–Kier alpha value is -2.63. The van der Waals surface area contributed by atoms with E-state index in [9.17, 15) is 14.7 Å². The summed E-state index contributed by atoms with van der Waals surface area (Å²) in [5.74, 6) is 0.0988. The number of nitrogens with one attached hydrogen (secondary N) is 1. The zero-order valence-corrected chi connectivity index (χ0v) is 13.4. The van der Waals surface area contributed by atoms with Gasteiger partial charge in [0, 0.05) is 5.92 Å². The van der Waals surface area contributed by atoms with E-state index in [1.807, 2.05) is 4.40 Å². The number of carboxylic acid groups (broad SMARTS) is 1. The van der Waals surface area contributed by atoms with Crippen LogP contribution in [0.3, 0.4) is 0 Å². The molecule has 3 aromatic rings. The molecule has 0 atom stereocenters. The zero-order valence-electron chi connectivity index (χ0n) is 13.4. The maximum atomic E-state index is 12.3. The standard InChI is InChI=1S/C17H19N3O3/c1-4-10(5-2)15-18-8-14-16(21)19-12-7-11(17(22)23)9(3)6-13(12)20(14)15/h6-8,10H,4-5H2,1-3H3,(H,19,21)(H,22,23). The molecular formula is C17H19N3O3. The molecule has 120 valence electrons. The number of benzene rings is 1. The van der Waals surface area contributed by atoms with Crippen molar-refractivity contribution < 1.29 is 9.90 Å². The topological polar surface area (TPSA) is 87.5 Å². The Morgan fingerprint density at radius 1 is 1.30 bits per heavy atom. The molecule has 6 heteroatoms. The van der Waals surface area contributed by atoms with Crippen molar-refractivity contribution in [2.24, 2.45) is 0 Å². The highest BCUT2D eigenvalue weighted by Gasteiger charge is 2.18. The van der Waals surface area contributed by atoms with Gasteiger partial charge in [0.25, 0.3) is 5.56 Å². The molecule has 0 saturated carbocycles. The summed E-state index contributed by atoms with van der Waals surface area (Å²) in [6.45, 7) is 5.95. The fourth-order valence-corrected chi connectivity index (χ4v) is 3.12. The second kappa shape index (κ2) is 5.53. The summed E-state index contributed by atoms with van der Waals surface area (Å²) >= 11 is 0. The molecule has 0 unspecified atom stereocenters. The summed E-state index contributed by atoms with van der Waals surface area (Å²) in [4.78, 5) is 30.9. The third-order valence-corrected chi connectivity index (χ3v) is 4.43. The lowest BCUT2D eigenvalue weighted by Crippen LogP contribution is -2.13. The molecule has 0 fully saturated rings. The molecule has 3 rings (SSSR count). The van der Waals surface area contributed by atoms with Crippen LogP contribution in [-0.4, -0.2) is 25.4 Å². The maximum absolute atomic E-state index is 12.3. The number of hydrogen-bond donors (Lipinski definition) is 2. The molecule has 2 N–H and O–H groups in total. The highest BCUT2D eigenvalue weighted by molar-refractivity contribution is 5.94. The smallest absolute Gasteiger partial charge is 0.336 e. The van der Waals surface area contributed by atoms with Crippen molar-refractivity contribution in [1.29, 1.82) is 0 Å². The molecule has 0 aliphatic rings. The minimum Gasteiger partial charge on any atom is -0.478 e. The van der Waals surface area contributed by atoms with E-state index in [-0.39, 0.29) is 17.0 Å². The zero-order chi connectivity index (χ0) is 16.7. The second-order valence-corrected chi connectivity index (χ2v) is 5.79. The minimum absolute atomic E-state index is 0.191. The molecule has 0 bridgehead atoms. The van der Waals surface area contributed by atoms with Crippen molar-refractivity contribution >= 4 is 22.5 Å². The minimum atomic E-state index is -1.00. The van der Waals surface area contributed by atoms with E-state index < -0.39 is 5.97 Å². The quantitative estimate of drug-likeness (QED) is 0.775. The van der Waals surface area contributed by atoms with Crippen LogP contribution in [0.4, 0.5) is 0 Å². The molecule has 0 spiro atoms. The number of H-pyrrole nitrogens is 1. The first-order valence-electron chi connectivity index (χ1n) is 7.75. The Labute approximate surface area is 132 Å². The molecular weight excluding hydrogens is 294 g/mol. The Balaban J connectivity index is 2.45.